The van der Waals surface area contributed by atoms with Gasteiger partial charge in [0.05, 0.1) is 5.52 Å². The molecule has 2 N–H and O–H groups in total. The van der Waals surface area contributed by atoms with E-state index in [-0.39, 0.29) is 5.56 Å². The Hall–Kier alpha value is -2.83. The van der Waals surface area contributed by atoms with E-state index in [0.717, 1.165) is 5.56 Å². The van der Waals surface area contributed by atoms with Crippen LogP contribution in [0.2, 0.25) is 0 Å². The molecular formula is C20H26N2O5. The van der Waals surface area contributed by atoms with E-state index in [2.05, 4.69) is 5.32 Å². The fraction of sp³-hybridized carbons (Fsp3) is 0.450. The molecule has 0 atom stereocenters. The number of carbonyl (C=O) groups is 2. The standard InChI is InChI=1S/C20H26N2O5/c1-5-22-12-15(18(24)25)17(23)14-11-13(8-9-16(14)22)7-6-10-21-19(26)27-20(2,3)4/h8-9,11-12H,5-7,10H2,1-4H3,(H,21,26)(H,24,25). The number of carboxylic acid groups (broad SMARTS) is 1. The number of hydrogen-bond donors (Lipinski definition) is 2. The first-order valence-corrected chi connectivity index (χ1v) is 8.98. The van der Waals surface area contributed by atoms with Crippen LogP contribution < -0.4 is 10.7 Å². The maximum Gasteiger partial charge on any atom is 0.407 e. The van der Waals surface area contributed by atoms with Gasteiger partial charge in [0.2, 0.25) is 5.43 Å². The minimum atomic E-state index is -1.23. The van der Waals surface area contributed by atoms with Crippen LogP contribution in [0.4, 0.5) is 4.79 Å². The van der Waals surface area contributed by atoms with Crippen molar-refractivity contribution in [1.82, 2.24) is 9.88 Å². The summed E-state index contributed by atoms with van der Waals surface area (Å²) in [5.41, 5.74) is 0.381. The van der Waals surface area contributed by atoms with Gasteiger partial charge in [-0.2, -0.15) is 0 Å². The summed E-state index contributed by atoms with van der Waals surface area (Å²) in [5.74, 6) is -1.23. The molecule has 0 fully saturated rings. The minimum Gasteiger partial charge on any atom is -0.477 e. The number of fused-ring (bicyclic) bond motifs is 1. The summed E-state index contributed by atoms with van der Waals surface area (Å²) in [6, 6.07) is 5.49. The number of rotatable bonds is 6. The van der Waals surface area contributed by atoms with Gasteiger partial charge in [-0.25, -0.2) is 9.59 Å². The zero-order valence-corrected chi connectivity index (χ0v) is 16.2. The molecule has 2 rings (SSSR count). The van der Waals surface area contributed by atoms with E-state index in [1.54, 1.807) is 31.4 Å². The van der Waals surface area contributed by atoms with Crippen molar-refractivity contribution in [3.8, 4) is 0 Å². The largest absolute Gasteiger partial charge is 0.477 e. The Labute approximate surface area is 157 Å². The molecule has 0 aliphatic rings. The third kappa shape index (κ3) is 5.32. The third-order valence-corrected chi connectivity index (χ3v) is 4.03. The monoisotopic (exact) mass is 374 g/mol. The molecule has 7 nitrogen and oxygen atoms in total. The SMILES string of the molecule is CCn1cc(C(=O)O)c(=O)c2cc(CCCNC(=O)OC(C)(C)C)ccc21. The van der Waals surface area contributed by atoms with Crippen LogP contribution in [0.15, 0.2) is 29.2 Å². The highest BCUT2D eigenvalue weighted by atomic mass is 16.6. The molecule has 1 aromatic heterocycles. The van der Waals surface area contributed by atoms with Crippen LogP contribution in [-0.4, -0.2) is 33.9 Å². The Kier molecular flexibility index (Phi) is 6.25. The van der Waals surface area contributed by atoms with Crippen LogP contribution in [0.1, 0.15) is 50.0 Å². The number of aromatic nitrogens is 1. The number of nitrogens with one attached hydrogen (secondary N) is 1. The van der Waals surface area contributed by atoms with Crippen molar-refractivity contribution in [2.45, 2.75) is 52.7 Å². The second-order valence-corrected chi connectivity index (χ2v) is 7.35. The number of aryl methyl sites for hydroxylation is 2. The van der Waals surface area contributed by atoms with Crippen molar-refractivity contribution in [3.63, 3.8) is 0 Å². The summed E-state index contributed by atoms with van der Waals surface area (Å²) >= 11 is 0. The second-order valence-electron chi connectivity index (χ2n) is 7.35. The van der Waals surface area contributed by atoms with Crippen molar-refractivity contribution in [3.05, 3.63) is 45.7 Å². The fourth-order valence-electron chi connectivity index (χ4n) is 2.81. The van der Waals surface area contributed by atoms with E-state index >= 15 is 0 Å². The first-order valence-electron chi connectivity index (χ1n) is 8.98. The summed E-state index contributed by atoms with van der Waals surface area (Å²) < 4.78 is 6.93. The van der Waals surface area contributed by atoms with Crippen molar-refractivity contribution < 1.29 is 19.4 Å². The van der Waals surface area contributed by atoms with E-state index in [4.69, 9.17) is 4.74 Å². The average Bonchev–Trinajstić information content (AvgIpc) is 2.57. The van der Waals surface area contributed by atoms with E-state index in [1.807, 2.05) is 19.1 Å². The van der Waals surface area contributed by atoms with Crippen molar-refractivity contribution >= 4 is 23.0 Å². The molecule has 1 heterocycles. The molecule has 1 aromatic carbocycles. The van der Waals surface area contributed by atoms with Gasteiger partial charge >= 0.3 is 12.1 Å². The molecule has 0 aliphatic carbocycles. The number of aromatic carboxylic acids is 1. The Balaban J connectivity index is 2.12. The number of pyridine rings is 1. The molecule has 0 unspecified atom stereocenters. The fourth-order valence-corrected chi connectivity index (χ4v) is 2.81. The molecule has 0 saturated carbocycles. The van der Waals surface area contributed by atoms with Crippen LogP contribution in [0.5, 0.6) is 0 Å². The lowest BCUT2D eigenvalue weighted by Gasteiger charge is -2.19. The number of benzene rings is 1. The number of ether oxygens (including phenoxy) is 1. The predicted molar refractivity (Wildman–Crippen MR) is 103 cm³/mol. The molecule has 7 heteroatoms. The van der Waals surface area contributed by atoms with E-state index in [1.165, 1.54) is 6.20 Å². The van der Waals surface area contributed by atoms with E-state index in [9.17, 15) is 19.5 Å². The molecule has 0 bridgehead atoms. The lowest BCUT2D eigenvalue weighted by molar-refractivity contribution is 0.0526. The zero-order valence-electron chi connectivity index (χ0n) is 16.2. The van der Waals surface area contributed by atoms with Crippen LogP contribution in [-0.2, 0) is 17.7 Å². The number of alkyl carbamates (subject to hydrolysis) is 1. The molecule has 0 aliphatic heterocycles. The molecule has 1 amide bonds. The van der Waals surface area contributed by atoms with Gasteiger partial charge in [-0.3, -0.25) is 4.79 Å². The van der Waals surface area contributed by atoms with Gasteiger partial charge in [0.25, 0.3) is 0 Å². The molecule has 0 spiro atoms. The lowest BCUT2D eigenvalue weighted by Crippen LogP contribution is -2.33. The van der Waals surface area contributed by atoms with Crippen molar-refractivity contribution in [2.75, 3.05) is 6.54 Å². The number of hydrogen-bond acceptors (Lipinski definition) is 4. The number of nitrogens with zero attached hydrogens (tertiary/aromatic N) is 1. The minimum absolute atomic E-state index is 0.229. The van der Waals surface area contributed by atoms with Gasteiger partial charge in [-0.15, -0.1) is 0 Å². The number of amides is 1. The van der Waals surface area contributed by atoms with Gasteiger partial charge < -0.3 is 19.7 Å². The van der Waals surface area contributed by atoms with Crippen LogP contribution in [0.25, 0.3) is 10.9 Å². The lowest BCUT2D eigenvalue weighted by atomic mass is 10.0. The number of carboxylic acids is 1. The highest BCUT2D eigenvalue weighted by molar-refractivity contribution is 5.92. The highest BCUT2D eigenvalue weighted by Crippen LogP contribution is 2.16. The highest BCUT2D eigenvalue weighted by Gasteiger charge is 2.16. The second kappa shape index (κ2) is 8.24. The van der Waals surface area contributed by atoms with Gasteiger partial charge in [-0.1, -0.05) is 6.07 Å². The molecule has 0 saturated heterocycles. The normalized spacial score (nSPS) is 11.4. The summed E-state index contributed by atoms with van der Waals surface area (Å²) in [5, 5.41) is 12.3. The van der Waals surface area contributed by atoms with Crippen LogP contribution in [0.3, 0.4) is 0 Å². The smallest absolute Gasteiger partial charge is 0.407 e. The zero-order chi connectivity index (χ0) is 20.2. The summed E-state index contributed by atoms with van der Waals surface area (Å²) in [6.45, 7) is 8.31. The third-order valence-electron chi connectivity index (χ3n) is 4.03. The van der Waals surface area contributed by atoms with Crippen LogP contribution >= 0.6 is 0 Å². The summed E-state index contributed by atoms with van der Waals surface area (Å²) in [6.07, 6.45) is 2.25. The maximum atomic E-state index is 12.5. The molecule has 146 valence electrons. The molecular weight excluding hydrogens is 348 g/mol. The quantitative estimate of drug-likeness (QED) is 0.757. The molecule has 0 radical (unpaired) electrons. The topological polar surface area (TPSA) is 97.6 Å². The van der Waals surface area contributed by atoms with E-state index < -0.39 is 23.1 Å². The Bertz CT molecular complexity index is 909. The Morgan fingerprint density at radius 1 is 1.26 bits per heavy atom. The summed E-state index contributed by atoms with van der Waals surface area (Å²) in [7, 11) is 0. The van der Waals surface area contributed by atoms with Gasteiger partial charge in [0.15, 0.2) is 0 Å². The number of carbonyl (C=O) groups excluding carboxylic acids is 1. The van der Waals surface area contributed by atoms with Crippen LogP contribution in [0, 0.1) is 0 Å². The van der Waals surface area contributed by atoms with Gasteiger partial charge in [0.1, 0.15) is 11.2 Å². The maximum absolute atomic E-state index is 12.5. The predicted octanol–water partition coefficient (Wildman–Crippen LogP) is 3.18. The van der Waals surface area contributed by atoms with E-state index in [0.29, 0.717) is 36.8 Å². The first kappa shape index (κ1) is 20.5. The Morgan fingerprint density at radius 3 is 2.56 bits per heavy atom. The van der Waals surface area contributed by atoms with Gasteiger partial charge in [0, 0.05) is 24.7 Å². The molecule has 27 heavy (non-hydrogen) atoms. The summed E-state index contributed by atoms with van der Waals surface area (Å²) in [4.78, 5) is 35.4. The van der Waals surface area contributed by atoms with Crippen molar-refractivity contribution in [2.24, 2.45) is 0 Å². The first-order chi connectivity index (χ1) is 12.6. The molecule has 2 aromatic rings. The Morgan fingerprint density at radius 2 is 1.96 bits per heavy atom. The average molecular weight is 374 g/mol. The van der Waals surface area contributed by atoms with Crippen molar-refractivity contribution in [1.29, 1.82) is 0 Å². The van der Waals surface area contributed by atoms with Gasteiger partial charge in [-0.05, 0) is 58.2 Å².